The Kier molecular flexibility index (Phi) is 1.69. The summed E-state index contributed by atoms with van der Waals surface area (Å²) < 4.78 is 1.54. The maximum Gasteiger partial charge on any atom is 0.317 e. The number of aromatic hydroxyl groups is 1. The van der Waals surface area contributed by atoms with Gasteiger partial charge in [-0.15, -0.1) is 11.3 Å². The lowest BCUT2D eigenvalue weighted by Crippen LogP contribution is -1.91. The van der Waals surface area contributed by atoms with Crippen LogP contribution in [0.5, 0.6) is 6.01 Å². The van der Waals surface area contributed by atoms with Gasteiger partial charge in [0.1, 0.15) is 6.33 Å². The quantitative estimate of drug-likeness (QED) is 0.673. The van der Waals surface area contributed by atoms with Gasteiger partial charge in [0.25, 0.3) is 0 Å². The molecule has 5 nitrogen and oxygen atoms in total. The van der Waals surface area contributed by atoms with Crippen LogP contribution in [0.4, 0.5) is 0 Å². The smallest absolute Gasteiger partial charge is 0.317 e. The molecule has 0 fully saturated rings. The average Bonchev–Trinajstić information content (AvgIpc) is 2.83. The fourth-order valence-corrected chi connectivity index (χ4v) is 2.12. The molecule has 0 saturated heterocycles. The maximum atomic E-state index is 9.21. The highest BCUT2D eigenvalue weighted by Gasteiger charge is 2.09. The SMILES string of the molecule is Oc1ncn2ncc(-c3cccs3)c2n1. The van der Waals surface area contributed by atoms with E-state index < -0.39 is 0 Å². The zero-order valence-electron chi connectivity index (χ0n) is 7.53. The highest BCUT2D eigenvalue weighted by Crippen LogP contribution is 2.27. The van der Waals surface area contributed by atoms with Crippen molar-refractivity contribution in [3.8, 4) is 16.5 Å². The molecule has 0 bridgehead atoms. The molecule has 6 heteroatoms. The first-order valence-corrected chi connectivity index (χ1v) is 5.16. The third-order valence-electron chi connectivity index (χ3n) is 2.04. The average molecular weight is 218 g/mol. The summed E-state index contributed by atoms with van der Waals surface area (Å²) in [7, 11) is 0. The maximum absolute atomic E-state index is 9.21. The number of nitrogens with zero attached hydrogens (tertiary/aromatic N) is 4. The van der Waals surface area contributed by atoms with E-state index in [1.807, 2.05) is 17.5 Å². The van der Waals surface area contributed by atoms with E-state index in [4.69, 9.17) is 0 Å². The van der Waals surface area contributed by atoms with Crippen LogP contribution in [-0.2, 0) is 0 Å². The standard InChI is InChI=1S/C9H6N4OS/c14-9-10-5-13-8(12-9)6(4-11-13)7-2-1-3-15-7/h1-5H,(H,12,14). The first-order valence-electron chi connectivity index (χ1n) is 4.28. The van der Waals surface area contributed by atoms with E-state index in [0.717, 1.165) is 10.4 Å². The Hall–Kier alpha value is -1.95. The van der Waals surface area contributed by atoms with Crippen molar-refractivity contribution in [2.75, 3.05) is 0 Å². The summed E-state index contributed by atoms with van der Waals surface area (Å²) in [6.07, 6.45) is 3.16. The van der Waals surface area contributed by atoms with Gasteiger partial charge in [-0.05, 0) is 11.4 Å². The van der Waals surface area contributed by atoms with Gasteiger partial charge in [-0.3, -0.25) is 0 Å². The van der Waals surface area contributed by atoms with Gasteiger partial charge in [-0.2, -0.15) is 15.1 Å². The molecule has 0 spiro atoms. The number of hydrogen-bond donors (Lipinski definition) is 1. The Morgan fingerprint density at radius 2 is 2.33 bits per heavy atom. The largest absolute Gasteiger partial charge is 0.479 e. The van der Waals surface area contributed by atoms with Crippen LogP contribution in [0.25, 0.3) is 16.1 Å². The summed E-state index contributed by atoms with van der Waals surface area (Å²) in [4.78, 5) is 8.67. The second kappa shape index (κ2) is 3.03. The Labute approximate surface area is 88.7 Å². The summed E-state index contributed by atoms with van der Waals surface area (Å²) in [5.41, 5.74) is 1.52. The van der Waals surface area contributed by atoms with E-state index in [1.54, 1.807) is 17.5 Å². The van der Waals surface area contributed by atoms with Crippen LogP contribution < -0.4 is 0 Å². The molecule has 3 rings (SSSR count). The molecule has 0 aliphatic rings. The van der Waals surface area contributed by atoms with E-state index in [-0.39, 0.29) is 6.01 Å². The normalized spacial score (nSPS) is 10.9. The minimum Gasteiger partial charge on any atom is -0.479 e. The molecule has 74 valence electrons. The van der Waals surface area contributed by atoms with Crippen molar-refractivity contribution in [3.05, 3.63) is 30.0 Å². The molecular weight excluding hydrogens is 212 g/mol. The van der Waals surface area contributed by atoms with Crippen molar-refractivity contribution in [2.45, 2.75) is 0 Å². The number of fused-ring (bicyclic) bond motifs is 1. The summed E-state index contributed by atoms with van der Waals surface area (Å²) in [5.74, 6) is 0. The fraction of sp³-hybridized carbons (Fsp3) is 0. The summed E-state index contributed by atoms with van der Waals surface area (Å²) >= 11 is 1.61. The predicted molar refractivity (Wildman–Crippen MR) is 55.8 cm³/mol. The summed E-state index contributed by atoms with van der Waals surface area (Å²) in [6, 6.07) is 3.71. The molecule has 3 aromatic rings. The second-order valence-corrected chi connectivity index (χ2v) is 3.91. The summed E-state index contributed by atoms with van der Waals surface area (Å²) in [6.45, 7) is 0. The predicted octanol–water partition coefficient (Wildman–Crippen LogP) is 1.56. The van der Waals surface area contributed by atoms with Crippen molar-refractivity contribution in [3.63, 3.8) is 0 Å². The van der Waals surface area contributed by atoms with E-state index in [2.05, 4.69) is 15.1 Å². The topological polar surface area (TPSA) is 63.3 Å². The van der Waals surface area contributed by atoms with Gasteiger partial charge in [-0.1, -0.05) is 6.07 Å². The molecule has 0 aliphatic carbocycles. The molecule has 0 aromatic carbocycles. The number of rotatable bonds is 1. The van der Waals surface area contributed by atoms with Crippen LogP contribution in [0.1, 0.15) is 0 Å². The minimum atomic E-state index is -0.235. The highest BCUT2D eigenvalue weighted by molar-refractivity contribution is 7.13. The van der Waals surface area contributed by atoms with E-state index in [0.29, 0.717) is 5.65 Å². The first kappa shape index (κ1) is 8.37. The Balaban J connectivity index is 2.32. The number of aromatic nitrogens is 4. The molecular formula is C9H6N4OS. The van der Waals surface area contributed by atoms with E-state index in [1.165, 1.54) is 10.8 Å². The van der Waals surface area contributed by atoms with Crippen LogP contribution in [-0.4, -0.2) is 24.7 Å². The molecule has 0 unspecified atom stereocenters. The summed E-state index contributed by atoms with van der Waals surface area (Å²) in [5, 5.41) is 15.3. The van der Waals surface area contributed by atoms with Crippen LogP contribution in [0.15, 0.2) is 30.0 Å². The Morgan fingerprint density at radius 1 is 1.40 bits per heavy atom. The Morgan fingerprint density at radius 3 is 3.13 bits per heavy atom. The van der Waals surface area contributed by atoms with Gasteiger partial charge < -0.3 is 5.11 Å². The van der Waals surface area contributed by atoms with Crippen molar-refractivity contribution in [2.24, 2.45) is 0 Å². The molecule has 0 saturated carbocycles. The lowest BCUT2D eigenvalue weighted by molar-refractivity contribution is 0.429. The number of thiophene rings is 1. The van der Waals surface area contributed by atoms with Gasteiger partial charge in [0.2, 0.25) is 0 Å². The van der Waals surface area contributed by atoms with Crippen molar-refractivity contribution in [1.29, 1.82) is 0 Å². The monoisotopic (exact) mass is 218 g/mol. The van der Waals surface area contributed by atoms with Gasteiger partial charge in [0.05, 0.1) is 11.8 Å². The van der Waals surface area contributed by atoms with Crippen molar-refractivity contribution in [1.82, 2.24) is 19.6 Å². The van der Waals surface area contributed by atoms with E-state index in [9.17, 15) is 5.11 Å². The molecule has 15 heavy (non-hydrogen) atoms. The molecule has 3 heterocycles. The van der Waals surface area contributed by atoms with Gasteiger partial charge in [0.15, 0.2) is 5.65 Å². The molecule has 1 N–H and O–H groups in total. The Bertz CT molecular complexity index is 602. The molecule has 0 atom stereocenters. The second-order valence-electron chi connectivity index (χ2n) is 2.96. The van der Waals surface area contributed by atoms with E-state index >= 15 is 0 Å². The third kappa shape index (κ3) is 1.26. The van der Waals surface area contributed by atoms with Crippen LogP contribution in [0.3, 0.4) is 0 Å². The minimum absolute atomic E-state index is 0.235. The lowest BCUT2D eigenvalue weighted by atomic mass is 10.3. The van der Waals surface area contributed by atoms with Crippen molar-refractivity contribution >= 4 is 17.0 Å². The van der Waals surface area contributed by atoms with Crippen LogP contribution in [0.2, 0.25) is 0 Å². The van der Waals surface area contributed by atoms with Gasteiger partial charge >= 0.3 is 6.01 Å². The molecule has 0 radical (unpaired) electrons. The van der Waals surface area contributed by atoms with Crippen LogP contribution in [0, 0.1) is 0 Å². The molecule has 0 aliphatic heterocycles. The van der Waals surface area contributed by atoms with Gasteiger partial charge in [-0.25, -0.2) is 4.52 Å². The first-order chi connectivity index (χ1) is 7.34. The van der Waals surface area contributed by atoms with Crippen LogP contribution >= 0.6 is 11.3 Å². The van der Waals surface area contributed by atoms with Gasteiger partial charge in [0, 0.05) is 4.88 Å². The zero-order chi connectivity index (χ0) is 10.3. The fourth-order valence-electron chi connectivity index (χ4n) is 1.39. The third-order valence-corrected chi connectivity index (χ3v) is 2.95. The van der Waals surface area contributed by atoms with Crippen molar-refractivity contribution < 1.29 is 5.11 Å². The molecule has 0 amide bonds. The zero-order valence-corrected chi connectivity index (χ0v) is 8.35. The highest BCUT2D eigenvalue weighted by atomic mass is 32.1. The number of hydrogen-bond acceptors (Lipinski definition) is 5. The lowest BCUT2D eigenvalue weighted by Gasteiger charge is -1.94. The molecule has 3 aromatic heterocycles.